The molecule has 0 saturated carbocycles. The topological polar surface area (TPSA) is 147 Å². The molecule has 2 aromatic heterocycles. The van der Waals surface area contributed by atoms with E-state index in [4.69, 9.17) is 16.1 Å². The summed E-state index contributed by atoms with van der Waals surface area (Å²) in [5.41, 5.74) is 3.02. The van der Waals surface area contributed by atoms with Gasteiger partial charge in [0.05, 0.1) is 11.0 Å². The zero-order chi connectivity index (χ0) is 29.5. The summed E-state index contributed by atoms with van der Waals surface area (Å²) in [6, 6.07) is 22.9. The molecule has 1 atom stereocenters. The van der Waals surface area contributed by atoms with Gasteiger partial charge in [-0.1, -0.05) is 35.0 Å². The van der Waals surface area contributed by atoms with Crippen molar-refractivity contribution in [2.45, 2.75) is 17.4 Å². The van der Waals surface area contributed by atoms with Gasteiger partial charge in [0, 0.05) is 46.3 Å². The predicted molar refractivity (Wildman–Crippen MR) is 158 cm³/mol. The van der Waals surface area contributed by atoms with Crippen molar-refractivity contribution in [1.82, 2.24) is 20.4 Å². The van der Waals surface area contributed by atoms with Crippen LogP contribution in [0.15, 0.2) is 107 Å². The third kappa shape index (κ3) is 7.25. The lowest BCUT2D eigenvalue weighted by molar-refractivity contribution is 0.0994. The highest BCUT2D eigenvalue weighted by molar-refractivity contribution is 7.92. The molecule has 42 heavy (non-hydrogen) atoms. The van der Waals surface area contributed by atoms with E-state index in [-0.39, 0.29) is 16.6 Å². The van der Waals surface area contributed by atoms with Crippen LogP contribution in [-0.4, -0.2) is 47.5 Å². The summed E-state index contributed by atoms with van der Waals surface area (Å²) in [6.45, 7) is 1.05. The second-order valence-corrected chi connectivity index (χ2v) is 11.5. The maximum Gasteiger partial charge on any atom is 0.299 e. The van der Waals surface area contributed by atoms with Crippen LogP contribution in [-0.2, 0) is 16.4 Å². The highest BCUT2D eigenvalue weighted by atomic mass is 35.5. The van der Waals surface area contributed by atoms with Gasteiger partial charge in [-0.15, -0.1) is 0 Å². The van der Waals surface area contributed by atoms with Crippen molar-refractivity contribution in [2.75, 3.05) is 17.8 Å². The smallest absolute Gasteiger partial charge is 0.299 e. The first kappa shape index (κ1) is 29.1. The van der Waals surface area contributed by atoms with Crippen molar-refractivity contribution in [3.8, 4) is 11.4 Å². The molecule has 3 aromatic carbocycles. The van der Waals surface area contributed by atoms with E-state index >= 15 is 0 Å². The van der Waals surface area contributed by atoms with Crippen molar-refractivity contribution < 1.29 is 22.8 Å². The molecule has 0 aliphatic rings. The van der Waals surface area contributed by atoms with Crippen LogP contribution in [0.1, 0.15) is 33.5 Å². The van der Waals surface area contributed by atoms with Gasteiger partial charge in [0.1, 0.15) is 0 Å². The second-order valence-electron chi connectivity index (χ2n) is 9.34. The number of aromatic nitrogens is 3. The first-order valence-electron chi connectivity index (χ1n) is 12.9. The van der Waals surface area contributed by atoms with Gasteiger partial charge in [0.25, 0.3) is 21.7 Å². The first-order valence-corrected chi connectivity index (χ1v) is 14.8. The van der Waals surface area contributed by atoms with Gasteiger partial charge in [-0.2, -0.15) is 4.98 Å². The van der Waals surface area contributed by atoms with Crippen LogP contribution < -0.4 is 10.0 Å². The minimum Gasteiger partial charge on any atom is -0.387 e. The third-order valence-electron chi connectivity index (χ3n) is 6.35. The quantitative estimate of drug-likeness (QED) is 0.136. The van der Waals surface area contributed by atoms with Gasteiger partial charge >= 0.3 is 0 Å². The van der Waals surface area contributed by atoms with Crippen LogP contribution in [0.25, 0.3) is 11.4 Å². The molecule has 0 spiro atoms. The average molecular weight is 604 g/mol. The summed E-state index contributed by atoms with van der Waals surface area (Å²) in [5, 5.41) is 17.8. The second kappa shape index (κ2) is 13.0. The number of anilines is 1. The Labute approximate surface area is 247 Å². The summed E-state index contributed by atoms with van der Waals surface area (Å²) < 4.78 is 33.6. The van der Waals surface area contributed by atoms with Crippen molar-refractivity contribution in [1.29, 1.82) is 0 Å². The number of hydrogen-bond donors (Lipinski definition) is 3. The Morgan fingerprint density at radius 3 is 2.40 bits per heavy atom. The third-order valence-corrected chi connectivity index (χ3v) is 8.00. The molecule has 2 heterocycles. The number of hydrogen-bond acceptors (Lipinski definition) is 9. The van der Waals surface area contributed by atoms with E-state index in [1.165, 1.54) is 24.3 Å². The Morgan fingerprint density at radius 1 is 0.976 bits per heavy atom. The van der Waals surface area contributed by atoms with E-state index in [9.17, 15) is 18.3 Å². The number of nitrogens with one attached hydrogen (secondary N) is 2. The van der Waals surface area contributed by atoms with E-state index < -0.39 is 21.9 Å². The molecule has 0 bridgehead atoms. The lowest BCUT2D eigenvalue weighted by Crippen LogP contribution is -2.23. The molecule has 12 heteroatoms. The molecular weight excluding hydrogens is 578 g/mol. The number of carbonyl (C=O) groups excluding carboxylic acids is 1. The molecule has 214 valence electrons. The normalized spacial score (nSPS) is 12.1. The fourth-order valence-corrected chi connectivity index (χ4v) is 5.24. The van der Waals surface area contributed by atoms with Crippen LogP contribution in [0.3, 0.4) is 0 Å². The van der Waals surface area contributed by atoms with Crippen LogP contribution >= 0.6 is 11.6 Å². The number of benzene rings is 3. The number of rotatable bonds is 12. The summed E-state index contributed by atoms with van der Waals surface area (Å²) >= 11 is 5.87. The number of nitrogens with zero attached hydrogens (tertiary/aromatic N) is 3. The number of carbonyl (C=O) groups is 1. The highest BCUT2D eigenvalue weighted by Crippen LogP contribution is 2.22. The molecule has 0 saturated heterocycles. The fourth-order valence-electron chi connectivity index (χ4n) is 4.06. The Bertz CT molecular complexity index is 1750. The van der Waals surface area contributed by atoms with Gasteiger partial charge in [-0.05, 0) is 85.3 Å². The molecule has 5 aromatic rings. The minimum atomic E-state index is -3.85. The van der Waals surface area contributed by atoms with Gasteiger partial charge in [-0.3, -0.25) is 14.5 Å². The largest absolute Gasteiger partial charge is 0.387 e. The Hall–Kier alpha value is -4.42. The monoisotopic (exact) mass is 603 g/mol. The van der Waals surface area contributed by atoms with Crippen LogP contribution in [0.5, 0.6) is 0 Å². The summed E-state index contributed by atoms with van der Waals surface area (Å²) in [5.74, 6) is -0.483. The predicted octanol–water partition coefficient (Wildman–Crippen LogP) is 4.68. The van der Waals surface area contributed by atoms with Crippen molar-refractivity contribution in [3.63, 3.8) is 0 Å². The average Bonchev–Trinajstić information content (AvgIpc) is 3.51. The van der Waals surface area contributed by atoms with Crippen LogP contribution in [0, 0.1) is 0 Å². The van der Waals surface area contributed by atoms with Crippen molar-refractivity contribution in [2.24, 2.45) is 0 Å². The minimum absolute atomic E-state index is 0.0488. The summed E-state index contributed by atoms with van der Waals surface area (Å²) in [7, 11) is -3.85. The number of sulfonamides is 1. The molecule has 0 fully saturated rings. The molecule has 3 N–H and O–H groups in total. The lowest BCUT2D eigenvalue weighted by atomic mass is 10.1. The molecule has 5 rings (SSSR count). The molecule has 0 aliphatic heterocycles. The summed E-state index contributed by atoms with van der Waals surface area (Å²) in [6.07, 6.45) is 3.36. The van der Waals surface area contributed by atoms with E-state index in [0.29, 0.717) is 41.3 Å². The van der Waals surface area contributed by atoms with Gasteiger partial charge in [-0.25, -0.2) is 8.42 Å². The van der Waals surface area contributed by atoms with Gasteiger partial charge in [0.2, 0.25) is 5.82 Å². The summed E-state index contributed by atoms with van der Waals surface area (Å²) in [4.78, 5) is 20.8. The van der Waals surface area contributed by atoms with E-state index in [1.807, 2.05) is 18.2 Å². The standard InChI is InChI=1S/C30H26ClN5O5S/c31-24-9-5-21(6-10-24)28(38)30-34-29(35-41-30)22-7-13-26(14-8-22)42(39,40)36-25-11-3-20(4-12-25)15-17-33-19-27(37)23-2-1-16-32-18-23/h1-14,16,18,27,33,36-37H,15,17,19H2. The zero-order valence-corrected chi connectivity index (χ0v) is 23.7. The zero-order valence-electron chi connectivity index (χ0n) is 22.1. The Morgan fingerprint density at radius 2 is 1.71 bits per heavy atom. The van der Waals surface area contributed by atoms with Crippen molar-refractivity contribution in [3.05, 3.63) is 125 Å². The van der Waals surface area contributed by atoms with E-state index in [0.717, 1.165) is 11.1 Å². The highest BCUT2D eigenvalue weighted by Gasteiger charge is 2.19. The number of aliphatic hydroxyl groups is 1. The lowest BCUT2D eigenvalue weighted by Gasteiger charge is -2.12. The van der Waals surface area contributed by atoms with E-state index in [2.05, 4.69) is 25.2 Å². The maximum absolute atomic E-state index is 12.9. The SMILES string of the molecule is O=C(c1ccc(Cl)cc1)c1nc(-c2ccc(S(=O)(=O)Nc3ccc(CCNCC(O)c4cccnc4)cc3)cc2)no1. The molecule has 0 amide bonds. The van der Waals surface area contributed by atoms with Gasteiger partial charge < -0.3 is 14.9 Å². The van der Waals surface area contributed by atoms with E-state index in [1.54, 1.807) is 54.9 Å². The molecule has 1 unspecified atom stereocenters. The first-order chi connectivity index (χ1) is 20.3. The fraction of sp³-hybridized carbons (Fsp3) is 0.133. The van der Waals surface area contributed by atoms with Crippen LogP contribution in [0.4, 0.5) is 5.69 Å². The Kier molecular flexibility index (Phi) is 9.03. The molecule has 0 aliphatic carbocycles. The number of pyridine rings is 1. The number of halogens is 1. The van der Waals surface area contributed by atoms with Crippen LogP contribution in [0.2, 0.25) is 5.02 Å². The molecular formula is C30H26ClN5O5S. The van der Waals surface area contributed by atoms with Crippen molar-refractivity contribution >= 4 is 33.1 Å². The maximum atomic E-state index is 12.9. The number of ketones is 1. The molecule has 10 nitrogen and oxygen atoms in total. The molecule has 0 radical (unpaired) electrons. The number of aliphatic hydroxyl groups excluding tert-OH is 1. The Balaban J connectivity index is 1.14. The van der Waals surface area contributed by atoms with Gasteiger partial charge in [0.15, 0.2) is 0 Å².